The summed E-state index contributed by atoms with van der Waals surface area (Å²) >= 11 is 0. The Morgan fingerprint density at radius 1 is 0.933 bits per heavy atom. The van der Waals surface area contributed by atoms with Crippen LogP contribution in [0.1, 0.15) is 31.1 Å². The highest BCUT2D eigenvalue weighted by Gasteiger charge is 2.37. The third kappa shape index (κ3) is 3.14. The number of nitrogens with zero attached hydrogens (tertiary/aromatic N) is 2. The fourth-order valence-electron chi connectivity index (χ4n) is 3.13. The number of nitro groups is 1. The summed E-state index contributed by atoms with van der Waals surface area (Å²) in [6.45, 7) is 0. The zero-order valence-corrected chi connectivity index (χ0v) is 15.2. The van der Waals surface area contributed by atoms with Gasteiger partial charge in [-0.3, -0.25) is 24.5 Å². The number of carbonyl (C=O) groups excluding carboxylic acids is 3. The summed E-state index contributed by atoms with van der Waals surface area (Å²) in [5.41, 5.74) is 0.240. The van der Waals surface area contributed by atoms with E-state index < -0.39 is 22.6 Å². The fraction of sp³-hybridized carbons (Fsp3) is 0. The summed E-state index contributed by atoms with van der Waals surface area (Å²) < 4.78 is 0. The summed E-state index contributed by atoms with van der Waals surface area (Å²) in [7, 11) is 0. The second-order valence-corrected chi connectivity index (χ2v) is 6.45. The lowest BCUT2D eigenvalue weighted by atomic mass is 10.1. The Bertz CT molecular complexity index is 1220. The minimum absolute atomic E-state index is 0.0516. The molecule has 0 unspecified atom stereocenters. The van der Waals surface area contributed by atoms with Crippen molar-refractivity contribution in [3.05, 3.63) is 93.5 Å². The van der Waals surface area contributed by atoms with E-state index in [1.165, 1.54) is 18.2 Å². The molecular weight excluding hydrogens is 390 g/mol. The molecule has 0 radical (unpaired) electrons. The molecule has 4 rings (SSSR count). The van der Waals surface area contributed by atoms with Gasteiger partial charge in [0, 0.05) is 17.7 Å². The summed E-state index contributed by atoms with van der Waals surface area (Å²) in [5.74, 6) is -2.11. The number of rotatable bonds is 4. The molecule has 0 bridgehead atoms. The van der Waals surface area contributed by atoms with Gasteiger partial charge in [0.2, 0.25) is 0 Å². The monoisotopic (exact) mass is 403 g/mol. The Kier molecular flexibility index (Phi) is 4.47. The fourth-order valence-corrected chi connectivity index (χ4v) is 3.13. The van der Waals surface area contributed by atoms with Crippen LogP contribution in [-0.4, -0.2) is 27.8 Å². The van der Waals surface area contributed by atoms with Crippen molar-refractivity contribution in [2.75, 3.05) is 10.2 Å². The van der Waals surface area contributed by atoms with Crippen LogP contribution in [0.5, 0.6) is 5.75 Å². The number of phenols is 1. The highest BCUT2D eigenvalue weighted by atomic mass is 16.6. The number of carbonyl (C=O) groups is 3. The zero-order valence-electron chi connectivity index (χ0n) is 15.2. The minimum atomic E-state index is -0.702. The third-order valence-electron chi connectivity index (χ3n) is 4.60. The van der Waals surface area contributed by atoms with Gasteiger partial charge in [0.15, 0.2) is 0 Å². The van der Waals surface area contributed by atoms with Crippen LogP contribution in [0.25, 0.3) is 0 Å². The van der Waals surface area contributed by atoms with E-state index in [1.54, 1.807) is 30.3 Å². The lowest BCUT2D eigenvalue weighted by Gasteiger charge is -2.13. The molecule has 0 saturated carbocycles. The molecule has 0 fully saturated rings. The number of hydrogen-bond acceptors (Lipinski definition) is 6. The van der Waals surface area contributed by atoms with Crippen molar-refractivity contribution in [1.82, 2.24) is 0 Å². The Balaban J connectivity index is 1.64. The van der Waals surface area contributed by atoms with Crippen LogP contribution in [0.2, 0.25) is 0 Å². The van der Waals surface area contributed by atoms with Gasteiger partial charge in [-0.2, -0.15) is 0 Å². The normalized spacial score (nSPS) is 12.6. The van der Waals surface area contributed by atoms with Crippen molar-refractivity contribution in [1.29, 1.82) is 0 Å². The number of non-ortho nitro benzene ring substituents is 1. The molecule has 2 N–H and O–H groups in total. The predicted molar refractivity (Wildman–Crippen MR) is 107 cm³/mol. The number of para-hydroxylation sites is 1. The van der Waals surface area contributed by atoms with E-state index >= 15 is 0 Å². The van der Waals surface area contributed by atoms with Gasteiger partial charge >= 0.3 is 0 Å². The average Bonchev–Trinajstić information content (AvgIpc) is 2.99. The molecule has 1 aliphatic rings. The lowest BCUT2D eigenvalue weighted by molar-refractivity contribution is -0.384. The Labute approximate surface area is 169 Å². The molecule has 30 heavy (non-hydrogen) atoms. The number of imide groups is 1. The number of amides is 3. The molecule has 0 atom stereocenters. The smallest absolute Gasteiger partial charge is 0.271 e. The highest BCUT2D eigenvalue weighted by Crippen LogP contribution is 2.31. The predicted octanol–water partition coefficient (Wildman–Crippen LogP) is 3.35. The lowest BCUT2D eigenvalue weighted by Crippen LogP contribution is -2.29. The van der Waals surface area contributed by atoms with Gasteiger partial charge in [-0.15, -0.1) is 0 Å². The number of fused-ring (bicyclic) bond motifs is 1. The van der Waals surface area contributed by atoms with E-state index in [9.17, 15) is 29.6 Å². The molecule has 0 aliphatic carbocycles. The second-order valence-electron chi connectivity index (χ2n) is 6.45. The van der Waals surface area contributed by atoms with Crippen LogP contribution in [0.3, 0.4) is 0 Å². The van der Waals surface area contributed by atoms with Gasteiger partial charge in [-0.1, -0.05) is 18.2 Å². The summed E-state index contributed by atoms with van der Waals surface area (Å²) in [5, 5.41) is 23.1. The molecule has 9 heteroatoms. The van der Waals surface area contributed by atoms with Crippen molar-refractivity contribution in [3.63, 3.8) is 0 Å². The van der Waals surface area contributed by atoms with Crippen molar-refractivity contribution >= 4 is 34.8 Å². The van der Waals surface area contributed by atoms with Crippen LogP contribution >= 0.6 is 0 Å². The van der Waals surface area contributed by atoms with Crippen molar-refractivity contribution in [3.8, 4) is 5.75 Å². The molecule has 9 nitrogen and oxygen atoms in total. The number of benzene rings is 3. The second kappa shape index (κ2) is 7.13. The molecule has 0 aromatic heterocycles. The maximum absolute atomic E-state index is 12.8. The Hall–Kier alpha value is -4.53. The molecule has 1 aliphatic heterocycles. The zero-order chi connectivity index (χ0) is 21.4. The topological polar surface area (TPSA) is 130 Å². The van der Waals surface area contributed by atoms with Gasteiger partial charge in [-0.05, 0) is 36.4 Å². The Morgan fingerprint density at radius 3 is 2.33 bits per heavy atom. The van der Waals surface area contributed by atoms with Gasteiger partial charge in [0.1, 0.15) is 5.75 Å². The molecule has 3 aromatic carbocycles. The van der Waals surface area contributed by atoms with E-state index in [0.717, 1.165) is 23.1 Å². The number of hydrogen-bond donors (Lipinski definition) is 2. The number of nitrogens with one attached hydrogen (secondary N) is 1. The van der Waals surface area contributed by atoms with E-state index in [-0.39, 0.29) is 33.8 Å². The van der Waals surface area contributed by atoms with Crippen LogP contribution in [0.15, 0.2) is 66.7 Å². The molecule has 148 valence electrons. The number of nitro benzene ring substituents is 1. The standard InChI is InChI=1S/C21H13N3O6/c25-18-9-7-14(24(29)30)11-17(18)22-19(26)12-6-8-15-16(10-12)21(28)23(20(15)27)13-4-2-1-3-5-13/h1-11,25H,(H,22,26). The largest absolute Gasteiger partial charge is 0.506 e. The molecule has 3 aromatic rings. The average molecular weight is 403 g/mol. The van der Waals surface area contributed by atoms with Crippen molar-refractivity contribution in [2.45, 2.75) is 0 Å². The van der Waals surface area contributed by atoms with Gasteiger partial charge in [0.25, 0.3) is 23.4 Å². The molecular formula is C21H13N3O6. The minimum Gasteiger partial charge on any atom is -0.506 e. The summed E-state index contributed by atoms with van der Waals surface area (Å²) in [6.07, 6.45) is 0. The van der Waals surface area contributed by atoms with Gasteiger partial charge < -0.3 is 10.4 Å². The van der Waals surface area contributed by atoms with Crippen LogP contribution < -0.4 is 10.2 Å². The number of phenolic OH excluding ortho intramolecular Hbond substituents is 1. The number of aromatic hydroxyl groups is 1. The Morgan fingerprint density at radius 2 is 1.63 bits per heavy atom. The van der Waals surface area contributed by atoms with Crippen LogP contribution in [0, 0.1) is 10.1 Å². The first kappa shape index (κ1) is 18.8. The summed E-state index contributed by atoms with van der Waals surface area (Å²) in [4.78, 5) is 49.3. The number of anilines is 2. The van der Waals surface area contributed by atoms with Gasteiger partial charge in [0.05, 0.1) is 27.4 Å². The molecule has 0 spiro atoms. The molecule has 0 saturated heterocycles. The molecule has 1 heterocycles. The van der Waals surface area contributed by atoms with Crippen LogP contribution in [-0.2, 0) is 0 Å². The van der Waals surface area contributed by atoms with Crippen LogP contribution in [0.4, 0.5) is 17.1 Å². The maximum Gasteiger partial charge on any atom is 0.271 e. The first-order valence-corrected chi connectivity index (χ1v) is 8.73. The first-order chi connectivity index (χ1) is 14.4. The van der Waals surface area contributed by atoms with E-state index in [4.69, 9.17) is 0 Å². The maximum atomic E-state index is 12.8. The van der Waals surface area contributed by atoms with Crippen molar-refractivity contribution in [2.24, 2.45) is 0 Å². The quantitative estimate of drug-likeness (QED) is 0.297. The van der Waals surface area contributed by atoms with E-state index in [0.29, 0.717) is 5.69 Å². The van der Waals surface area contributed by atoms with Crippen molar-refractivity contribution < 1.29 is 24.4 Å². The van der Waals surface area contributed by atoms with Gasteiger partial charge in [-0.25, -0.2) is 4.90 Å². The highest BCUT2D eigenvalue weighted by molar-refractivity contribution is 6.34. The summed E-state index contributed by atoms with van der Waals surface area (Å²) in [6, 6.07) is 15.6. The molecule has 3 amide bonds. The first-order valence-electron chi connectivity index (χ1n) is 8.73. The van der Waals surface area contributed by atoms with E-state index in [2.05, 4.69) is 5.32 Å². The third-order valence-corrected chi connectivity index (χ3v) is 4.60. The van der Waals surface area contributed by atoms with E-state index in [1.807, 2.05) is 0 Å². The SMILES string of the molecule is O=C(Nc1cc([N+](=O)[O-])ccc1O)c1ccc2c(c1)C(=O)N(c1ccccc1)C2=O.